The van der Waals surface area contributed by atoms with Crippen LogP contribution in [0.4, 0.5) is 5.69 Å². The fraction of sp³-hybridized carbons (Fsp3) is 0.333. The second-order valence-corrected chi connectivity index (χ2v) is 4.80. The van der Waals surface area contributed by atoms with Crippen molar-refractivity contribution in [2.45, 2.75) is 11.2 Å². The van der Waals surface area contributed by atoms with Crippen molar-refractivity contribution in [2.24, 2.45) is 0 Å². The average molecular weight is 332 g/mol. The Hall–Kier alpha value is -0.355. The summed E-state index contributed by atoms with van der Waals surface area (Å²) in [5.41, 5.74) is 1.08. The van der Waals surface area contributed by atoms with Crippen molar-refractivity contribution >= 4 is 56.9 Å². The summed E-state index contributed by atoms with van der Waals surface area (Å²) in [5, 5.41) is 3.50. The van der Waals surface area contributed by atoms with Crippen molar-refractivity contribution in [1.82, 2.24) is 4.98 Å². The first-order valence-electron chi connectivity index (χ1n) is 4.36. The Morgan fingerprint density at radius 1 is 1.60 bits per heavy atom. The van der Waals surface area contributed by atoms with E-state index >= 15 is 0 Å². The van der Waals surface area contributed by atoms with Gasteiger partial charge in [0.2, 0.25) is 5.91 Å². The quantitative estimate of drug-likeness (QED) is 0.669. The molecule has 0 spiro atoms. The van der Waals surface area contributed by atoms with Crippen molar-refractivity contribution in [3.63, 3.8) is 0 Å². The summed E-state index contributed by atoms with van der Waals surface area (Å²) in [5.74, 6) is -0.0824. The lowest BCUT2D eigenvalue weighted by Gasteiger charge is -2.09. The third-order valence-corrected chi connectivity index (χ3v) is 3.03. The third kappa shape index (κ3) is 4.34. The van der Waals surface area contributed by atoms with Gasteiger partial charge in [0.25, 0.3) is 0 Å². The number of carbonyl (C=O) groups is 1. The number of hydrogen-bond acceptors (Lipinski definition) is 2. The smallest absolute Gasteiger partial charge is 0.238 e. The molecule has 15 heavy (non-hydrogen) atoms. The molecule has 0 saturated heterocycles. The van der Waals surface area contributed by atoms with Crippen molar-refractivity contribution in [3.05, 3.63) is 18.3 Å². The molecular formula is C9H9BBr2N2O. The van der Waals surface area contributed by atoms with Gasteiger partial charge in [0.05, 0.1) is 10.5 Å². The molecule has 2 radical (unpaired) electrons. The molecule has 1 aromatic rings. The lowest BCUT2D eigenvalue weighted by molar-refractivity contribution is -0.115. The van der Waals surface area contributed by atoms with E-state index < -0.39 is 0 Å². The molecule has 1 amide bonds. The summed E-state index contributed by atoms with van der Waals surface area (Å²) in [6.07, 6.45) is 2.26. The van der Waals surface area contributed by atoms with Crippen LogP contribution in [0.15, 0.2) is 18.3 Å². The highest BCUT2D eigenvalue weighted by Crippen LogP contribution is 2.11. The van der Waals surface area contributed by atoms with Gasteiger partial charge < -0.3 is 5.32 Å². The number of carbonyl (C=O) groups excluding carboxylic acids is 1. The maximum absolute atomic E-state index is 11.5. The van der Waals surface area contributed by atoms with E-state index in [-0.39, 0.29) is 10.7 Å². The molecule has 0 saturated carbocycles. The Morgan fingerprint density at radius 2 is 2.33 bits per heavy atom. The Kier molecular flexibility index (Phi) is 5.32. The third-order valence-electron chi connectivity index (χ3n) is 1.70. The monoisotopic (exact) mass is 330 g/mol. The van der Waals surface area contributed by atoms with Crippen LogP contribution in [-0.2, 0) is 4.79 Å². The number of hydrogen-bond donors (Lipinski definition) is 1. The molecule has 1 aromatic heterocycles. The van der Waals surface area contributed by atoms with Gasteiger partial charge in [-0.3, -0.25) is 9.78 Å². The molecule has 0 aliphatic rings. The van der Waals surface area contributed by atoms with E-state index in [1.54, 1.807) is 12.1 Å². The van der Waals surface area contributed by atoms with Gasteiger partial charge in [-0.1, -0.05) is 31.9 Å². The maximum Gasteiger partial charge on any atom is 0.238 e. The minimum Gasteiger partial charge on any atom is -0.324 e. The highest BCUT2D eigenvalue weighted by atomic mass is 79.9. The van der Waals surface area contributed by atoms with Gasteiger partial charge in [0, 0.05) is 11.5 Å². The number of nitrogens with one attached hydrogen (secondary N) is 1. The van der Waals surface area contributed by atoms with E-state index in [2.05, 4.69) is 42.2 Å². The van der Waals surface area contributed by atoms with Crippen LogP contribution in [0.1, 0.15) is 6.42 Å². The van der Waals surface area contributed by atoms with Gasteiger partial charge in [0.15, 0.2) is 0 Å². The first-order chi connectivity index (χ1) is 7.13. The Labute approximate surface area is 107 Å². The summed E-state index contributed by atoms with van der Waals surface area (Å²) in [6.45, 7) is 0. The van der Waals surface area contributed by atoms with Gasteiger partial charge in [-0.25, -0.2) is 0 Å². The number of alkyl halides is 2. The molecule has 0 aromatic carbocycles. The first kappa shape index (κ1) is 12.7. The lowest BCUT2D eigenvalue weighted by Crippen LogP contribution is -2.23. The maximum atomic E-state index is 11.5. The zero-order chi connectivity index (χ0) is 11.3. The normalized spacial score (nSPS) is 12.1. The summed E-state index contributed by atoms with van der Waals surface area (Å²) in [4.78, 5) is 15.2. The van der Waals surface area contributed by atoms with Crippen LogP contribution in [0.3, 0.4) is 0 Å². The molecule has 0 fully saturated rings. The number of aromatic nitrogens is 1. The number of amides is 1. The van der Waals surface area contributed by atoms with Gasteiger partial charge >= 0.3 is 0 Å². The highest BCUT2D eigenvalue weighted by molar-refractivity contribution is 9.10. The second kappa shape index (κ2) is 6.28. The topological polar surface area (TPSA) is 42.0 Å². The molecular weight excluding hydrogens is 323 g/mol. The molecule has 1 heterocycles. The summed E-state index contributed by atoms with van der Waals surface area (Å²) in [6, 6.07) is 3.36. The van der Waals surface area contributed by atoms with E-state index in [4.69, 9.17) is 7.85 Å². The van der Waals surface area contributed by atoms with Crippen LogP contribution in [0.2, 0.25) is 0 Å². The molecule has 1 atom stereocenters. The van der Waals surface area contributed by atoms with Gasteiger partial charge in [-0.05, 0) is 24.1 Å². The molecule has 1 rings (SSSR count). The molecule has 3 nitrogen and oxygen atoms in total. The van der Waals surface area contributed by atoms with E-state index in [1.165, 1.54) is 6.20 Å². The number of halogens is 2. The zero-order valence-corrected chi connectivity index (χ0v) is 11.1. The number of rotatable bonds is 4. The minimum atomic E-state index is -0.200. The molecule has 1 unspecified atom stereocenters. The summed E-state index contributed by atoms with van der Waals surface area (Å²) in [7, 11) is 5.43. The lowest BCUT2D eigenvalue weighted by atomic mass is 10.0. The fourth-order valence-corrected chi connectivity index (χ4v) is 2.34. The van der Waals surface area contributed by atoms with Crippen molar-refractivity contribution in [1.29, 1.82) is 0 Å². The predicted molar refractivity (Wildman–Crippen MR) is 69.4 cm³/mol. The van der Waals surface area contributed by atoms with E-state index in [0.717, 1.165) is 11.8 Å². The zero-order valence-electron chi connectivity index (χ0n) is 7.91. The van der Waals surface area contributed by atoms with Crippen molar-refractivity contribution in [3.8, 4) is 0 Å². The number of nitrogens with zero attached hydrogens (tertiary/aromatic N) is 1. The summed E-state index contributed by atoms with van der Waals surface area (Å²) < 4.78 is 0. The number of pyridine rings is 1. The standard InChI is InChI=1S/C9H9BBr2N2O/c10-8-2-1-6(5-13-8)14-9(15)7(12)3-4-11/h1-2,5,7H,3-4H2,(H,14,15). The van der Waals surface area contributed by atoms with Gasteiger partial charge in [0.1, 0.15) is 7.85 Å². The van der Waals surface area contributed by atoms with Crippen LogP contribution < -0.4 is 10.9 Å². The first-order valence-corrected chi connectivity index (χ1v) is 6.39. The fourth-order valence-electron chi connectivity index (χ4n) is 0.927. The Morgan fingerprint density at radius 3 is 2.87 bits per heavy atom. The Bertz CT molecular complexity index is 331. The largest absolute Gasteiger partial charge is 0.324 e. The molecule has 6 heteroatoms. The highest BCUT2D eigenvalue weighted by Gasteiger charge is 2.13. The van der Waals surface area contributed by atoms with Gasteiger partial charge in [-0.2, -0.15) is 0 Å². The van der Waals surface area contributed by atoms with Crippen LogP contribution in [0, 0.1) is 0 Å². The molecule has 0 aliphatic heterocycles. The van der Waals surface area contributed by atoms with Gasteiger partial charge in [-0.15, -0.1) is 0 Å². The van der Waals surface area contributed by atoms with Crippen molar-refractivity contribution in [2.75, 3.05) is 10.6 Å². The molecule has 1 N–H and O–H groups in total. The SMILES string of the molecule is [B]c1ccc(NC(=O)C(Br)CCBr)cn1. The molecule has 0 aliphatic carbocycles. The predicted octanol–water partition coefficient (Wildman–Crippen LogP) is 1.36. The van der Waals surface area contributed by atoms with Crippen LogP contribution in [0.25, 0.3) is 0 Å². The van der Waals surface area contributed by atoms with E-state index in [0.29, 0.717) is 11.3 Å². The number of anilines is 1. The summed E-state index contributed by atoms with van der Waals surface area (Å²) >= 11 is 6.56. The Balaban J connectivity index is 2.54. The van der Waals surface area contributed by atoms with Crippen LogP contribution >= 0.6 is 31.9 Å². The van der Waals surface area contributed by atoms with Crippen molar-refractivity contribution < 1.29 is 4.79 Å². The molecule has 78 valence electrons. The van der Waals surface area contributed by atoms with Crippen LogP contribution in [0.5, 0.6) is 0 Å². The van der Waals surface area contributed by atoms with Crippen LogP contribution in [-0.4, -0.2) is 28.9 Å². The average Bonchev–Trinajstić information content (AvgIpc) is 2.22. The minimum absolute atomic E-state index is 0.0824. The van der Waals surface area contributed by atoms with E-state index in [1.807, 2.05) is 0 Å². The molecule has 0 bridgehead atoms. The second-order valence-electron chi connectivity index (χ2n) is 2.91. The van der Waals surface area contributed by atoms with E-state index in [9.17, 15) is 4.79 Å².